The van der Waals surface area contributed by atoms with Gasteiger partial charge in [0.2, 0.25) is 0 Å². The third kappa shape index (κ3) is 3.61. The molecule has 156 valence electrons. The van der Waals surface area contributed by atoms with E-state index in [4.69, 9.17) is 9.47 Å². The molecule has 29 heavy (non-hydrogen) atoms. The van der Waals surface area contributed by atoms with Gasteiger partial charge in [0.1, 0.15) is 5.75 Å². The highest BCUT2D eigenvalue weighted by Gasteiger charge is 2.53. The molecule has 0 unspecified atom stereocenters. The summed E-state index contributed by atoms with van der Waals surface area (Å²) < 4.78 is 12.0. The monoisotopic (exact) mass is 394 g/mol. The van der Waals surface area contributed by atoms with Crippen LogP contribution in [0.25, 0.3) is 0 Å². The van der Waals surface area contributed by atoms with E-state index in [0.717, 1.165) is 22.5 Å². The Kier molecular flexibility index (Phi) is 5.42. The molecular formula is C26H34O3. The standard InChI is InChI=1S/C26H34O3/c1-9-17-16-29-23(18-12-10-11-13-21(18)28-8)26(17)14-19(24(2,3)4)22(27)20(15-26)25(5,6)7/h9-15,17,23H,1,16H2,2-8H3/t17-,23+/m0/s1. The van der Waals surface area contributed by atoms with Gasteiger partial charge in [-0.2, -0.15) is 0 Å². The Hall–Kier alpha value is -2.13. The van der Waals surface area contributed by atoms with Crippen molar-refractivity contribution in [1.29, 1.82) is 0 Å². The Morgan fingerprint density at radius 2 is 1.62 bits per heavy atom. The number of carbonyl (C=O) groups excluding carboxylic acids is 1. The first-order valence-corrected chi connectivity index (χ1v) is 10.3. The second kappa shape index (κ2) is 7.28. The smallest absolute Gasteiger partial charge is 0.185 e. The van der Waals surface area contributed by atoms with E-state index in [0.29, 0.717) is 6.61 Å². The van der Waals surface area contributed by atoms with Gasteiger partial charge in [0, 0.05) is 28.0 Å². The fraction of sp³-hybridized carbons (Fsp3) is 0.500. The fourth-order valence-electron chi connectivity index (χ4n) is 4.49. The van der Waals surface area contributed by atoms with Crippen LogP contribution in [0.3, 0.4) is 0 Å². The highest BCUT2D eigenvalue weighted by atomic mass is 16.5. The molecule has 3 nitrogen and oxygen atoms in total. The van der Waals surface area contributed by atoms with Crippen molar-refractivity contribution in [2.45, 2.75) is 47.6 Å². The number of hydrogen-bond donors (Lipinski definition) is 0. The summed E-state index contributed by atoms with van der Waals surface area (Å²) >= 11 is 0. The van der Waals surface area contributed by atoms with Gasteiger partial charge in [0.15, 0.2) is 5.78 Å². The molecule has 0 aromatic heterocycles. The van der Waals surface area contributed by atoms with Gasteiger partial charge in [-0.05, 0) is 16.9 Å². The number of methoxy groups -OCH3 is 1. The molecular weight excluding hydrogens is 360 g/mol. The maximum absolute atomic E-state index is 13.5. The zero-order chi connectivity index (χ0) is 21.6. The van der Waals surface area contributed by atoms with Crippen molar-refractivity contribution in [3.63, 3.8) is 0 Å². The zero-order valence-electron chi connectivity index (χ0n) is 18.8. The van der Waals surface area contributed by atoms with Crippen LogP contribution in [0.4, 0.5) is 0 Å². The summed E-state index contributed by atoms with van der Waals surface area (Å²) in [5, 5.41) is 0. The number of rotatable bonds is 3. The molecule has 0 amide bonds. The summed E-state index contributed by atoms with van der Waals surface area (Å²) in [4.78, 5) is 13.5. The Bertz CT molecular complexity index is 840. The highest BCUT2D eigenvalue weighted by molar-refractivity contribution is 6.11. The summed E-state index contributed by atoms with van der Waals surface area (Å²) in [7, 11) is 1.68. The van der Waals surface area contributed by atoms with E-state index in [-0.39, 0.29) is 28.6 Å². The van der Waals surface area contributed by atoms with Crippen molar-refractivity contribution < 1.29 is 14.3 Å². The summed E-state index contributed by atoms with van der Waals surface area (Å²) in [6, 6.07) is 7.99. The van der Waals surface area contributed by atoms with Crippen LogP contribution in [0.15, 0.2) is 60.2 Å². The number of Topliss-reactive ketones (excluding diaryl/α,β-unsaturated/α-hetero) is 1. The van der Waals surface area contributed by atoms with Gasteiger partial charge in [-0.1, -0.05) is 78.0 Å². The first kappa shape index (κ1) is 21.6. The van der Waals surface area contributed by atoms with Gasteiger partial charge in [-0.25, -0.2) is 0 Å². The van der Waals surface area contributed by atoms with E-state index >= 15 is 0 Å². The molecule has 1 saturated heterocycles. The van der Waals surface area contributed by atoms with Crippen molar-refractivity contribution in [1.82, 2.24) is 0 Å². The Balaban J connectivity index is 2.32. The number of hydrogen-bond acceptors (Lipinski definition) is 3. The van der Waals surface area contributed by atoms with Crippen LogP contribution in [0.2, 0.25) is 0 Å². The van der Waals surface area contributed by atoms with E-state index < -0.39 is 5.41 Å². The molecule has 0 N–H and O–H groups in total. The maximum Gasteiger partial charge on any atom is 0.185 e. The summed E-state index contributed by atoms with van der Waals surface area (Å²) in [5.41, 5.74) is 1.69. The number of benzene rings is 1. The van der Waals surface area contributed by atoms with Crippen LogP contribution in [0, 0.1) is 22.2 Å². The zero-order valence-corrected chi connectivity index (χ0v) is 18.8. The van der Waals surface area contributed by atoms with Crippen molar-refractivity contribution in [2.75, 3.05) is 13.7 Å². The predicted molar refractivity (Wildman–Crippen MR) is 118 cm³/mol. The SMILES string of the molecule is C=C[C@H]1CO[C@H](c2ccccc2OC)C12C=C(C(C)(C)C)C(=O)C(C(C)(C)C)=C2. The van der Waals surface area contributed by atoms with Crippen molar-refractivity contribution in [2.24, 2.45) is 22.2 Å². The molecule has 2 aliphatic rings. The third-order valence-electron chi connectivity index (χ3n) is 6.14. The van der Waals surface area contributed by atoms with Crippen LogP contribution in [0.1, 0.15) is 53.2 Å². The number of ketones is 1. The summed E-state index contributed by atoms with van der Waals surface area (Å²) in [6.45, 7) is 17.3. The Labute approximate surface area is 175 Å². The molecule has 0 saturated carbocycles. The molecule has 0 radical (unpaired) electrons. The average Bonchev–Trinajstić information content (AvgIpc) is 2.99. The van der Waals surface area contributed by atoms with Crippen molar-refractivity contribution in [3.05, 3.63) is 65.8 Å². The quantitative estimate of drug-likeness (QED) is 0.583. The molecule has 1 aliphatic carbocycles. The number of carbonyl (C=O) groups is 1. The van der Waals surface area contributed by atoms with Crippen LogP contribution < -0.4 is 4.74 Å². The lowest BCUT2D eigenvalue weighted by molar-refractivity contribution is -0.114. The lowest BCUT2D eigenvalue weighted by Crippen LogP contribution is -2.37. The van der Waals surface area contributed by atoms with Gasteiger partial charge in [-0.3, -0.25) is 4.79 Å². The van der Waals surface area contributed by atoms with Crippen LogP contribution in [-0.4, -0.2) is 19.5 Å². The lowest BCUT2D eigenvalue weighted by Gasteiger charge is -2.41. The molecule has 1 aromatic carbocycles. The molecule has 3 rings (SSSR count). The molecule has 1 aromatic rings. The fourth-order valence-corrected chi connectivity index (χ4v) is 4.49. The molecule has 2 atom stereocenters. The van der Waals surface area contributed by atoms with E-state index in [1.54, 1.807) is 7.11 Å². The van der Waals surface area contributed by atoms with E-state index in [9.17, 15) is 4.79 Å². The summed E-state index contributed by atoms with van der Waals surface area (Å²) in [6.07, 6.45) is 6.06. The minimum Gasteiger partial charge on any atom is -0.496 e. The first-order valence-electron chi connectivity index (χ1n) is 10.3. The van der Waals surface area contributed by atoms with Crippen LogP contribution in [-0.2, 0) is 9.53 Å². The third-order valence-corrected chi connectivity index (χ3v) is 6.14. The van der Waals surface area contributed by atoms with Crippen LogP contribution >= 0.6 is 0 Å². The Morgan fingerprint density at radius 3 is 2.10 bits per heavy atom. The van der Waals surface area contributed by atoms with E-state index in [1.807, 2.05) is 24.3 Å². The molecule has 1 fully saturated rings. The first-order chi connectivity index (χ1) is 13.5. The second-order valence-electron chi connectivity index (χ2n) is 10.2. The maximum atomic E-state index is 13.5. The largest absolute Gasteiger partial charge is 0.496 e. The predicted octanol–water partition coefficient (Wildman–Crippen LogP) is 6.08. The molecule has 0 bridgehead atoms. The van der Waals surface area contributed by atoms with Crippen LogP contribution in [0.5, 0.6) is 5.75 Å². The lowest BCUT2D eigenvalue weighted by atomic mass is 9.61. The van der Waals surface area contributed by atoms with Gasteiger partial charge in [0.25, 0.3) is 0 Å². The van der Waals surface area contributed by atoms with Gasteiger partial charge >= 0.3 is 0 Å². The number of ether oxygens (including phenoxy) is 2. The normalized spacial score (nSPS) is 24.3. The number of para-hydroxylation sites is 1. The second-order valence-corrected chi connectivity index (χ2v) is 10.2. The molecule has 1 heterocycles. The van der Waals surface area contributed by atoms with E-state index in [2.05, 4.69) is 66.3 Å². The van der Waals surface area contributed by atoms with Gasteiger partial charge in [0.05, 0.1) is 19.8 Å². The molecule has 3 heteroatoms. The Morgan fingerprint density at radius 1 is 1.07 bits per heavy atom. The molecule has 1 aliphatic heterocycles. The average molecular weight is 395 g/mol. The minimum absolute atomic E-state index is 0.0696. The van der Waals surface area contributed by atoms with Crippen molar-refractivity contribution >= 4 is 5.78 Å². The van der Waals surface area contributed by atoms with E-state index in [1.165, 1.54) is 0 Å². The van der Waals surface area contributed by atoms with Crippen molar-refractivity contribution in [3.8, 4) is 5.75 Å². The summed E-state index contributed by atoms with van der Waals surface area (Å²) in [5.74, 6) is 1.01. The highest BCUT2D eigenvalue weighted by Crippen LogP contribution is 2.58. The minimum atomic E-state index is -0.477. The number of allylic oxidation sites excluding steroid dienone is 2. The van der Waals surface area contributed by atoms with Gasteiger partial charge < -0.3 is 9.47 Å². The van der Waals surface area contributed by atoms with Gasteiger partial charge in [-0.15, -0.1) is 6.58 Å². The topological polar surface area (TPSA) is 35.5 Å². The molecule has 1 spiro atoms.